The van der Waals surface area contributed by atoms with Gasteiger partial charge in [-0.05, 0) is 31.0 Å². The Kier molecular flexibility index (Phi) is 6.52. The summed E-state index contributed by atoms with van der Waals surface area (Å²) in [5, 5.41) is 2.75. The van der Waals surface area contributed by atoms with Gasteiger partial charge in [0.2, 0.25) is 5.91 Å². The maximum atomic E-state index is 11.6. The Morgan fingerprint density at radius 2 is 1.81 bits per heavy atom. The second kappa shape index (κ2) is 8.14. The highest BCUT2D eigenvalue weighted by atomic mass is 16.5. The lowest BCUT2D eigenvalue weighted by Crippen LogP contribution is -2.35. The lowest BCUT2D eigenvalue weighted by molar-refractivity contribution is -0.143. The summed E-state index contributed by atoms with van der Waals surface area (Å²) in [5.41, 5.74) is 0.999. The normalized spacial score (nSPS) is 11.4. The molecule has 0 fully saturated rings. The van der Waals surface area contributed by atoms with E-state index in [1.54, 1.807) is 14.2 Å². The van der Waals surface area contributed by atoms with E-state index in [1.165, 1.54) is 7.11 Å². The summed E-state index contributed by atoms with van der Waals surface area (Å²) in [7, 11) is 4.40. The second-order valence-electron chi connectivity index (χ2n) is 4.61. The molecule has 0 saturated carbocycles. The van der Waals surface area contributed by atoms with Crippen LogP contribution in [0.3, 0.4) is 0 Å². The van der Waals surface area contributed by atoms with Crippen LogP contribution < -0.4 is 14.8 Å². The molecule has 1 amide bonds. The molecule has 116 valence electrons. The molecule has 1 aromatic rings. The zero-order valence-corrected chi connectivity index (χ0v) is 12.8. The lowest BCUT2D eigenvalue weighted by Gasteiger charge is -2.15. The van der Waals surface area contributed by atoms with Crippen molar-refractivity contribution in [2.75, 3.05) is 21.3 Å². The van der Waals surface area contributed by atoms with Gasteiger partial charge in [-0.1, -0.05) is 6.07 Å². The molecule has 6 nitrogen and oxygen atoms in total. The molecule has 0 spiro atoms. The predicted octanol–water partition coefficient (Wildman–Crippen LogP) is 1.31. The first-order valence-corrected chi connectivity index (χ1v) is 6.57. The SMILES string of the molecule is COC(=O)CC(=O)NC(C)Cc1ccc(OC)c(OC)c1. The molecule has 1 atom stereocenters. The van der Waals surface area contributed by atoms with Crippen LogP contribution in [0.1, 0.15) is 18.9 Å². The number of nitrogens with one attached hydrogen (secondary N) is 1. The van der Waals surface area contributed by atoms with Crippen LogP contribution in [-0.2, 0) is 20.7 Å². The summed E-state index contributed by atoms with van der Waals surface area (Å²) in [6.07, 6.45) is 0.347. The zero-order chi connectivity index (χ0) is 15.8. The maximum absolute atomic E-state index is 11.6. The average molecular weight is 295 g/mol. The molecular weight excluding hydrogens is 274 g/mol. The summed E-state index contributed by atoms with van der Waals surface area (Å²) < 4.78 is 14.9. The topological polar surface area (TPSA) is 73.9 Å². The highest BCUT2D eigenvalue weighted by Crippen LogP contribution is 2.27. The van der Waals surface area contributed by atoms with Crippen molar-refractivity contribution in [3.8, 4) is 11.5 Å². The monoisotopic (exact) mass is 295 g/mol. The van der Waals surface area contributed by atoms with Gasteiger partial charge in [0.1, 0.15) is 6.42 Å². The lowest BCUT2D eigenvalue weighted by atomic mass is 10.1. The van der Waals surface area contributed by atoms with Crippen LogP contribution in [0.15, 0.2) is 18.2 Å². The van der Waals surface area contributed by atoms with Crippen LogP contribution in [0.5, 0.6) is 11.5 Å². The molecule has 0 aromatic heterocycles. The Morgan fingerprint density at radius 1 is 1.14 bits per heavy atom. The van der Waals surface area contributed by atoms with E-state index >= 15 is 0 Å². The van der Waals surface area contributed by atoms with Crippen LogP contribution in [0.4, 0.5) is 0 Å². The van der Waals surface area contributed by atoms with Crippen molar-refractivity contribution in [3.63, 3.8) is 0 Å². The Bertz CT molecular complexity index is 501. The van der Waals surface area contributed by atoms with Crippen LogP contribution in [-0.4, -0.2) is 39.2 Å². The molecule has 1 unspecified atom stereocenters. The van der Waals surface area contributed by atoms with E-state index in [1.807, 2.05) is 25.1 Å². The molecule has 1 N–H and O–H groups in total. The minimum Gasteiger partial charge on any atom is -0.493 e. The summed E-state index contributed by atoms with van der Waals surface area (Å²) in [6.45, 7) is 1.87. The third-order valence-electron chi connectivity index (χ3n) is 2.93. The minimum absolute atomic E-state index is 0.111. The van der Waals surface area contributed by atoms with Gasteiger partial charge in [-0.15, -0.1) is 0 Å². The number of benzene rings is 1. The fraction of sp³-hybridized carbons (Fsp3) is 0.467. The molecule has 0 bridgehead atoms. The Hall–Kier alpha value is -2.24. The molecule has 0 heterocycles. The molecule has 0 aliphatic carbocycles. The van der Waals surface area contributed by atoms with Gasteiger partial charge >= 0.3 is 5.97 Å². The second-order valence-corrected chi connectivity index (χ2v) is 4.61. The van der Waals surface area contributed by atoms with E-state index in [-0.39, 0.29) is 18.4 Å². The molecule has 1 aromatic carbocycles. The number of hydrogen-bond donors (Lipinski definition) is 1. The van der Waals surface area contributed by atoms with Crippen LogP contribution >= 0.6 is 0 Å². The summed E-state index contributed by atoms with van der Waals surface area (Å²) >= 11 is 0. The number of carbonyl (C=O) groups excluding carboxylic acids is 2. The smallest absolute Gasteiger partial charge is 0.315 e. The van der Waals surface area contributed by atoms with E-state index in [9.17, 15) is 9.59 Å². The zero-order valence-electron chi connectivity index (χ0n) is 12.8. The Labute approximate surface area is 124 Å². The fourth-order valence-corrected chi connectivity index (χ4v) is 1.94. The molecule has 0 saturated heterocycles. The van der Waals surface area contributed by atoms with Crippen molar-refractivity contribution in [1.82, 2.24) is 5.32 Å². The van der Waals surface area contributed by atoms with E-state index in [4.69, 9.17) is 9.47 Å². The number of methoxy groups -OCH3 is 3. The van der Waals surface area contributed by atoms with Gasteiger partial charge in [0.25, 0.3) is 0 Å². The molecule has 0 radical (unpaired) electrons. The standard InChI is InChI=1S/C15H21NO5/c1-10(16-14(17)9-15(18)21-4)7-11-5-6-12(19-2)13(8-11)20-3/h5-6,8,10H,7,9H2,1-4H3,(H,16,17). The molecule has 0 aliphatic heterocycles. The average Bonchev–Trinajstić information content (AvgIpc) is 2.46. The van der Waals surface area contributed by atoms with Gasteiger partial charge in [-0.2, -0.15) is 0 Å². The third-order valence-corrected chi connectivity index (χ3v) is 2.93. The fourth-order valence-electron chi connectivity index (χ4n) is 1.94. The molecule has 6 heteroatoms. The van der Waals surface area contributed by atoms with Crippen molar-refractivity contribution in [2.45, 2.75) is 25.8 Å². The largest absolute Gasteiger partial charge is 0.493 e. The quantitative estimate of drug-likeness (QED) is 0.606. The maximum Gasteiger partial charge on any atom is 0.315 e. The van der Waals surface area contributed by atoms with Gasteiger partial charge in [-0.25, -0.2) is 0 Å². The third kappa shape index (κ3) is 5.33. The summed E-state index contributed by atoms with van der Waals surface area (Å²) in [4.78, 5) is 22.6. The first-order valence-electron chi connectivity index (χ1n) is 6.57. The first-order chi connectivity index (χ1) is 9.99. The highest BCUT2D eigenvalue weighted by Gasteiger charge is 2.13. The molecule has 21 heavy (non-hydrogen) atoms. The van der Waals surface area contributed by atoms with E-state index in [2.05, 4.69) is 10.1 Å². The number of carbonyl (C=O) groups is 2. The minimum atomic E-state index is -0.550. The van der Waals surface area contributed by atoms with Crippen molar-refractivity contribution in [1.29, 1.82) is 0 Å². The molecule has 1 rings (SSSR count). The van der Waals surface area contributed by atoms with E-state index < -0.39 is 5.97 Å². The number of rotatable bonds is 7. The number of hydrogen-bond acceptors (Lipinski definition) is 5. The van der Waals surface area contributed by atoms with E-state index in [0.717, 1.165) is 5.56 Å². The van der Waals surface area contributed by atoms with E-state index in [0.29, 0.717) is 17.9 Å². The Morgan fingerprint density at radius 3 is 2.38 bits per heavy atom. The summed E-state index contributed by atoms with van der Waals surface area (Å²) in [6, 6.07) is 5.48. The summed E-state index contributed by atoms with van der Waals surface area (Å²) in [5.74, 6) is 0.396. The number of amides is 1. The van der Waals surface area contributed by atoms with Gasteiger partial charge in [-0.3, -0.25) is 9.59 Å². The van der Waals surface area contributed by atoms with Gasteiger partial charge in [0.15, 0.2) is 11.5 Å². The van der Waals surface area contributed by atoms with Crippen molar-refractivity contribution in [3.05, 3.63) is 23.8 Å². The van der Waals surface area contributed by atoms with Crippen LogP contribution in [0.25, 0.3) is 0 Å². The van der Waals surface area contributed by atoms with Crippen molar-refractivity contribution in [2.24, 2.45) is 0 Å². The van der Waals surface area contributed by atoms with Gasteiger partial charge in [0, 0.05) is 6.04 Å². The van der Waals surface area contributed by atoms with Crippen LogP contribution in [0, 0.1) is 0 Å². The molecular formula is C15H21NO5. The van der Waals surface area contributed by atoms with Crippen molar-refractivity contribution < 1.29 is 23.8 Å². The molecule has 0 aliphatic rings. The Balaban J connectivity index is 2.60. The van der Waals surface area contributed by atoms with Crippen LogP contribution in [0.2, 0.25) is 0 Å². The van der Waals surface area contributed by atoms with Gasteiger partial charge < -0.3 is 19.5 Å². The predicted molar refractivity (Wildman–Crippen MR) is 77.5 cm³/mol. The highest BCUT2D eigenvalue weighted by molar-refractivity contribution is 5.94. The van der Waals surface area contributed by atoms with Crippen molar-refractivity contribution >= 4 is 11.9 Å². The first kappa shape index (κ1) is 16.8. The van der Waals surface area contributed by atoms with Gasteiger partial charge in [0.05, 0.1) is 21.3 Å². The number of ether oxygens (including phenoxy) is 3. The number of esters is 1.